The molecular formula is C14H17ClN4O2S. The molecule has 1 aromatic heterocycles. The standard InChI is InChI=1S/C14H17ClN4O2S/c1-10-16-14(18-17-10)12-7-4-5-9-19(12)22(20,21)13-8-3-2-6-11(13)15/h2-3,6,8,12H,4-5,7,9H2,1H3,(H,16,17,18). The highest BCUT2D eigenvalue weighted by Crippen LogP contribution is 2.35. The van der Waals surface area contributed by atoms with Crippen molar-refractivity contribution in [2.45, 2.75) is 37.1 Å². The molecule has 1 fully saturated rings. The van der Waals surface area contributed by atoms with Crippen molar-refractivity contribution < 1.29 is 8.42 Å². The molecule has 0 amide bonds. The normalized spacial score (nSPS) is 20.2. The van der Waals surface area contributed by atoms with Crippen LogP contribution in [-0.4, -0.2) is 34.4 Å². The molecule has 0 aliphatic carbocycles. The second-order valence-electron chi connectivity index (χ2n) is 5.34. The number of nitrogens with zero attached hydrogens (tertiary/aromatic N) is 3. The Labute approximate surface area is 134 Å². The van der Waals surface area contributed by atoms with E-state index in [2.05, 4.69) is 15.2 Å². The van der Waals surface area contributed by atoms with Crippen LogP contribution in [0.2, 0.25) is 5.02 Å². The number of hydrogen-bond donors (Lipinski definition) is 1. The highest BCUT2D eigenvalue weighted by molar-refractivity contribution is 7.89. The Morgan fingerprint density at radius 3 is 2.77 bits per heavy atom. The fourth-order valence-electron chi connectivity index (χ4n) is 2.74. The van der Waals surface area contributed by atoms with Gasteiger partial charge in [-0.3, -0.25) is 5.10 Å². The van der Waals surface area contributed by atoms with Gasteiger partial charge in [0.15, 0.2) is 5.82 Å². The number of aryl methyl sites for hydroxylation is 1. The van der Waals surface area contributed by atoms with Crippen LogP contribution >= 0.6 is 11.6 Å². The predicted molar refractivity (Wildman–Crippen MR) is 83.1 cm³/mol. The van der Waals surface area contributed by atoms with Gasteiger partial charge >= 0.3 is 0 Å². The van der Waals surface area contributed by atoms with Gasteiger partial charge in [-0.15, -0.1) is 0 Å². The van der Waals surface area contributed by atoms with E-state index in [1.54, 1.807) is 25.1 Å². The number of benzene rings is 1. The largest absolute Gasteiger partial charge is 0.263 e. The molecule has 1 atom stereocenters. The third-order valence-corrected chi connectivity index (χ3v) is 6.20. The number of hydrogen-bond acceptors (Lipinski definition) is 4. The van der Waals surface area contributed by atoms with Crippen molar-refractivity contribution in [3.63, 3.8) is 0 Å². The lowest BCUT2D eigenvalue weighted by molar-refractivity contribution is 0.247. The van der Waals surface area contributed by atoms with Crippen molar-refractivity contribution in [3.8, 4) is 0 Å². The Balaban J connectivity index is 2.02. The number of aromatic nitrogens is 3. The average Bonchev–Trinajstić information content (AvgIpc) is 2.94. The maximum atomic E-state index is 13.0. The predicted octanol–water partition coefficient (Wildman–Crippen LogP) is 2.68. The van der Waals surface area contributed by atoms with E-state index in [1.807, 2.05) is 0 Å². The Kier molecular flexibility index (Phi) is 4.20. The summed E-state index contributed by atoms with van der Waals surface area (Å²) in [5.41, 5.74) is 0. The Morgan fingerprint density at radius 2 is 2.09 bits per heavy atom. The van der Waals surface area contributed by atoms with Gasteiger partial charge in [-0.25, -0.2) is 13.4 Å². The lowest BCUT2D eigenvalue weighted by Gasteiger charge is -2.33. The van der Waals surface area contributed by atoms with Crippen LogP contribution in [0.5, 0.6) is 0 Å². The molecule has 0 bridgehead atoms. The zero-order valence-electron chi connectivity index (χ0n) is 12.2. The molecule has 1 unspecified atom stereocenters. The summed E-state index contributed by atoms with van der Waals surface area (Å²) in [6.45, 7) is 2.25. The molecule has 2 heterocycles. The minimum absolute atomic E-state index is 0.135. The molecule has 3 rings (SSSR count). The number of aromatic amines is 1. The van der Waals surface area contributed by atoms with Crippen molar-refractivity contribution in [2.75, 3.05) is 6.54 Å². The van der Waals surface area contributed by atoms with E-state index < -0.39 is 10.0 Å². The first-order valence-corrected chi connectivity index (χ1v) is 8.97. The van der Waals surface area contributed by atoms with Gasteiger partial charge in [0.05, 0.1) is 11.1 Å². The monoisotopic (exact) mass is 340 g/mol. The van der Waals surface area contributed by atoms with E-state index in [0.29, 0.717) is 24.6 Å². The van der Waals surface area contributed by atoms with Crippen LogP contribution in [0.25, 0.3) is 0 Å². The topological polar surface area (TPSA) is 79.0 Å². The number of sulfonamides is 1. The third kappa shape index (κ3) is 2.76. The van der Waals surface area contributed by atoms with E-state index in [0.717, 1.165) is 12.8 Å². The molecule has 1 N–H and O–H groups in total. The molecule has 1 saturated heterocycles. The first-order valence-electron chi connectivity index (χ1n) is 7.15. The number of nitrogens with one attached hydrogen (secondary N) is 1. The van der Waals surface area contributed by atoms with E-state index in [-0.39, 0.29) is 16.0 Å². The van der Waals surface area contributed by atoms with Crippen LogP contribution in [-0.2, 0) is 10.0 Å². The van der Waals surface area contributed by atoms with Gasteiger partial charge in [-0.1, -0.05) is 30.2 Å². The van der Waals surface area contributed by atoms with Gasteiger partial charge in [0.1, 0.15) is 10.7 Å². The highest BCUT2D eigenvalue weighted by Gasteiger charge is 2.37. The Bertz CT molecular complexity index is 775. The van der Waals surface area contributed by atoms with Gasteiger partial charge in [0, 0.05) is 6.54 Å². The number of piperidine rings is 1. The van der Waals surface area contributed by atoms with Crippen molar-refractivity contribution in [3.05, 3.63) is 40.9 Å². The summed E-state index contributed by atoms with van der Waals surface area (Å²) in [5, 5.41) is 7.16. The van der Waals surface area contributed by atoms with Gasteiger partial charge < -0.3 is 0 Å². The minimum Gasteiger partial charge on any atom is -0.263 e. The number of rotatable bonds is 3. The van der Waals surface area contributed by atoms with Crippen molar-refractivity contribution in [1.82, 2.24) is 19.5 Å². The Hall–Kier alpha value is -1.44. The smallest absolute Gasteiger partial charge is 0.245 e. The van der Waals surface area contributed by atoms with E-state index >= 15 is 0 Å². The molecule has 22 heavy (non-hydrogen) atoms. The van der Waals surface area contributed by atoms with E-state index in [4.69, 9.17) is 11.6 Å². The van der Waals surface area contributed by atoms with E-state index in [1.165, 1.54) is 10.4 Å². The average molecular weight is 341 g/mol. The molecule has 1 aliphatic heterocycles. The SMILES string of the molecule is Cc1nc(C2CCCCN2S(=O)(=O)c2ccccc2Cl)n[nH]1. The van der Waals surface area contributed by atoms with Crippen molar-refractivity contribution >= 4 is 21.6 Å². The molecule has 0 radical (unpaired) electrons. The van der Waals surface area contributed by atoms with Crippen LogP contribution in [0.4, 0.5) is 0 Å². The fraction of sp³-hybridized carbons (Fsp3) is 0.429. The fourth-order valence-corrected chi connectivity index (χ4v) is 4.89. The van der Waals surface area contributed by atoms with Gasteiger partial charge in [-0.05, 0) is 31.9 Å². The van der Waals surface area contributed by atoms with Crippen LogP contribution < -0.4 is 0 Å². The summed E-state index contributed by atoms with van der Waals surface area (Å²) in [5.74, 6) is 1.20. The number of H-pyrrole nitrogens is 1. The van der Waals surface area contributed by atoms with Crippen molar-refractivity contribution in [1.29, 1.82) is 0 Å². The summed E-state index contributed by atoms with van der Waals surface area (Å²) in [4.78, 5) is 4.44. The van der Waals surface area contributed by atoms with Gasteiger partial charge in [0.2, 0.25) is 10.0 Å². The molecule has 2 aromatic rings. The quantitative estimate of drug-likeness (QED) is 0.931. The molecule has 0 spiro atoms. The molecule has 8 heteroatoms. The van der Waals surface area contributed by atoms with Crippen LogP contribution in [0.15, 0.2) is 29.2 Å². The highest BCUT2D eigenvalue weighted by atomic mass is 35.5. The maximum Gasteiger partial charge on any atom is 0.245 e. The van der Waals surface area contributed by atoms with Crippen LogP contribution in [0.3, 0.4) is 0 Å². The summed E-state index contributed by atoms with van der Waals surface area (Å²) in [7, 11) is -3.67. The zero-order chi connectivity index (χ0) is 15.7. The lowest BCUT2D eigenvalue weighted by atomic mass is 10.0. The second-order valence-corrected chi connectivity index (χ2v) is 7.60. The first kappa shape index (κ1) is 15.5. The van der Waals surface area contributed by atoms with Gasteiger partial charge in [0.25, 0.3) is 0 Å². The molecule has 1 aliphatic rings. The van der Waals surface area contributed by atoms with Crippen molar-refractivity contribution in [2.24, 2.45) is 0 Å². The van der Waals surface area contributed by atoms with E-state index in [9.17, 15) is 8.42 Å². The summed E-state index contributed by atoms with van der Waals surface area (Å²) < 4.78 is 27.4. The molecule has 6 nitrogen and oxygen atoms in total. The molecule has 118 valence electrons. The van der Waals surface area contributed by atoms with Gasteiger partial charge in [-0.2, -0.15) is 9.40 Å². The minimum atomic E-state index is -3.67. The van der Waals surface area contributed by atoms with Crippen LogP contribution in [0, 0.1) is 6.92 Å². The molecular weight excluding hydrogens is 324 g/mol. The maximum absolute atomic E-state index is 13.0. The lowest BCUT2D eigenvalue weighted by Crippen LogP contribution is -2.39. The second kappa shape index (κ2) is 5.98. The zero-order valence-corrected chi connectivity index (χ0v) is 13.7. The molecule has 0 saturated carbocycles. The Morgan fingerprint density at radius 1 is 1.32 bits per heavy atom. The molecule has 1 aromatic carbocycles. The summed E-state index contributed by atoms with van der Waals surface area (Å²) in [6.07, 6.45) is 2.48. The third-order valence-electron chi connectivity index (χ3n) is 3.79. The first-order chi connectivity index (χ1) is 10.5. The summed E-state index contributed by atoms with van der Waals surface area (Å²) in [6, 6.07) is 6.17. The van der Waals surface area contributed by atoms with Crippen LogP contribution in [0.1, 0.15) is 37.0 Å². The summed E-state index contributed by atoms with van der Waals surface area (Å²) >= 11 is 6.08. The number of halogens is 1.